The number of nitrogens with two attached hydrogens (primary N) is 2. The summed E-state index contributed by atoms with van der Waals surface area (Å²) in [6, 6.07) is -2.42. The fourth-order valence-electron chi connectivity index (χ4n) is 0.782. The standard InChI is InChI=1S/2C5H9NO4.C2H6O2.4Na/c2*6-3(5(9)10)1-2-4(7)8;3-1-2-4;;;;/h2*3H,1-2,6H2,(H,7,8)(H,9,10);3-4H,1-2H2;;;;/q;;;4*+1/p-4. The number of aliphatic carboxylic acids is 4. The van der Waals surface area contributed by atoms with E-state index in [2.05, 4.69) is 0 Å². The van der Waals surface area contributed by atoms with E-state index in [4.69, 9.17) is 21.7 Å². The van der Waals surface area contributed by atoms with Gasteiger partial charge in [-0.25, -0.2) is 0 Å². The van der Waals surface area contributed by atoms with Crippen molar-refractivity contribution in [3.8, 4) is 0 Å². The van der Waals surface area contributed by atoms with Gasteiger partial charge in [0.25, 0.3) is 0 Å². The van der Waals surface area contributed by atoms with Gasteiger partial charge >= 0.3 is 118 Å². The number of carbonyl (C=O) groups excluding carboxylic acids is 4. The number of aliphatic hydroxyl groups excluding tert-OH is 2. The Hall–Kier alpha value is 1.72. The van der Waals surface area contributed by atoms with Crippen LogP contribution < -0.4 is 150 Å². The average Bonchev–Trinajstić information content (AvgIpc) is 2.50. The van der Waals surface area contributed by atoms with E-state index in [1.807, 2.05) is 0 Å². The summed E-state index contributed by atoms with van der Waals surface area (Å²) in [6.45, 7) is -0.250. The smallest absolute Gasteiger partial charge is 0.550 e. The molecule has 0 aliphatic carbocycles. The molecule has 0 saturated heterocycles. The number of aliphatic hydroxyl groups is 2. The van der Waals surface area contributed by atoms with Crippen LogP contribution in [0.1, 0.15) is 25.7 Å². The first kappa shape index (κ1) is 47.5. The number of hydrogen-bond donors (Lipinski definition) is 4. The van der Waals surface area contributed by atoms with Crippen LogP contribution in [0.4, 0.5) is 0 Å². The number of carboxylic acid groups (broad SMARTS) is 4. The van der Waals surface area contributed by atoms with Crippen molar-refractivity contribution in [3.05, 3.63) is 0 Å². The molecule has 2 unspecified atom stereocenters. The summed E-state index contributed by atoms with van der Waals surface area (Å²) in [7, 11) is 0. The predicted octanol–water partition coefficient (Wildman–Crippen LogP) is -19.8. The van der Waals surface area contributed by atoms with Gasteiger partial charge < -0.3 is 61.3 Å². The van der Waals surface area contributed by atoms with E-state index in [0.717, 1.165) is 0 Å². The zero-order valence-corrected chi connectivity index (χ0v) is 24.7. The molecule has 0 aliphatic rings. The largest absolute Gasteiger partial charge is 1.00 e. The van der Waals surface area contributed by atoms with Crippen LogP contribution in [0.25, 0.3) is 0 Å². The fourth-order valence-corrected chi connectivity index (χ4v) is 0.782. The van der Waals surface area contributed by atoms with Crippen LogP contribution in [0.15, 0.2) is 0 Å². The molecule has 0 aromatic heterocycles. The quantitative estimate of drug-likeness (QED) is 0.242. The summed E-state index contributed by atoms with van der Waals surface area (Å²) in [6.07, 6.45) is -1.00. The van der Waals surface area contributed by atoms with Crippen molar-refractivity contribution < 1.29 is 168 Å². The molecule has 0 radical (unpaired) electrons. The second-order valence-electron chi connectivity index (χ2n) is 4.12. The van der Waals surface area contributed by atoms with Crippen LogP contribution in [0.3, 0.4) is 0 Å². The minimum atomic E-state index is -1.44. The van der Waals surface area contributed by atoms with Crippen LogP contribution in [0.2, 0.25) is 0 Å². The van der Waals surface area contributed by atoms with Gasteiger partial charge in [0.05, 0.1) is 25.2 Å². The number of hydrogen-bond acceptors (Lipinski definition) is 12. The van der Waals surface area contributed by atoms with Gasteiger partial charge in [0.15, 0.2) is 0 Å². The Balaban J connectivity index is -0.0000000472. The summed E-state index contributed by atoms with van der Waals surface area (Å²) in [5, 5.41) is 54.5. The van der Waals surface area contributed by atoms with E-state index in [1.165, 1.54) is 0 Å². The first-order chi connectivity index (χ1) is 11.0. The molecule has 0 aliphatic heterocycles. The molecule has 28 heavy (non-hydrogen) atoms. The van der Waals surface area contributed by atoms with Crippen molar-refractivity contribution in [3.63, 3.8) is 0 Å². The minimum Gasteiger partial charge on any atom is -0.550 e. The zero-order valence-electron chi connectivity index (χ0n) is 16.7. The van der Waals surface area contributed by atoms with Gasteiger partial charge in [-0.05, 0) is 25.7 Å². The molecule has 0 saturated carbocycles. The summed E-state index contributed by atoms with van der Waals surface area (Å²) >= 11 is 0. The molecule has 0 aromatic carbocycles. The van der Waals surface area contributed by atoms with Crippen molar-refractivity contribution in [2.24, 2.45) is 11.5 Å². The average molecular weight is 444 g/mol. The van der Waals surface area contributed by atoms with Gasteiger partial charge in [-0.2, -0.15) is 0 Å². The Bertz CT molecular complexity index is 369. The minimum absolute atomic E-state index is 0. The van der Waals surface area contributed by atoms with E-state index < -0.39 is 36.0 Å². The van der Waals surface area contributed by atoms with Crippen LogP contribution in [0.5, 0.6) is 0 Å². The van der Waals surface area contributed by atoms with Gasteiger partial charge in [0.2, 0.25) is 0 Å². The van der Waals surface area contributed by atoms with Crippen molar-refractivity contribution in [1.29, 1.82) is 0 Å². The molecule has 0 rings (SSSR count). The normalized spacial score (nSPS) is 10.0. The van der Waals surface area contributed by atoms with E-state index in [1.54, 1.807) is 0 Å². The molecule has 0 spiro atoms. The van der Waals surface area contributed by atoms with E-state index >= 15 is 0 Å². The SMILES string of the molecule is NC(CCC(=O)[O-])C(=O)[O-].NC(CCC(=O)[O-])C(=O)[O-].OCCO.[Na+].[Na+].[Na+].[Na+]. The molecule has 0 amide bonds. The molecule has 0 aromatic rings. The second kappa shape index (κ2) is 33.4. The van der Waals surface area contributed by atoms with Gasteiger partial charge in [0.1, 0.15) is 0 Å². The summed E-state index contributed by atoms with van der Waals surface area (Å²) < 4.78 is 0. The molecule has 12 nitrogen and oxygen atoms in total. The van der Waals surface area contributed by atoms with Crippen LogP contribution in [-0.2, 0) is 19.2 Å². The topological polar surface area (TPSA) is 253 Å². The van der Waals surface area contributed by atoms with Gasteiger partial charge in [-0.15, -0.1) is 0 Å². The molecule has 16 heteroatoms. The fraction of sp³-hybridized carbons (Fsp3) is 0.667. The summed E-state index contributed by atoms with van der Waals surface area (Å²) in [4.78, 5) is 39.2. The Morgan fingerprint density at radius 3 is 0.964 bits per heavy atom. The van der Waals surface area contributed by atoms with Crippen molar-refractivity contribution in [1.82, 2.24) is 0 Å². The zero-order chi connectivity index (χ0) is 19.7. The molecule has 6 N–H and O–H groups in total. The van der Waals surface area contributed by atoms with E-state index in [0.29, 0.717) is 0 Å². The molecule has 0 fully saturated rings. The Labute approximate surface area is 251 Å². The van der Waals surface area contributed by atoms with Gasteiger partial charge in [-0.3, -0.25) is 0 Å². The Morgan fingerprint density at radius 2 is 0.857 bits per heavy atom. The van der Waals surface area contributed by atoms with Crippen LogP contribution in [0, 0.1) is 0 Å². The maximum absolute atomic E-state index is 9.86. The third kappa shape index (κ3) is 46.1. The van der Waals surface area contributed by atoms with Crippen LogP contribution in [-0.4, -0.2) is 59.4 Å². The first-order valence-electron chi connectivity index (χ1n) is 6.53. The molecule has 2 atom stereocenters. The molecular formula is C12H20N2Na4O10. The van der Waals surface area contributed by atoms with Crippen LogP contribution >= 0.6 is 0 Å². The number of rotatable bonds is 9. The number of carboxylic acids is 4. The summed E-state index contributed by atoms with van der Waals surface area (Å²) in [5.41, 5.74) is 9.82. The predicted molar refractivity (Wildman–Crippen MR) is 68.6 cm³/mol. The third-order valence-electron chi connectivity index (χ3n) is 2.02. The van der Waals surface area contributed by atoms with Crippen molar-refractivity contribution in [2.75, 3.05) is 13.2 Å². The van der Waals surface area contributed by atoms with E-state index in [-0.39, 0.29) is 157 Å². The Morgan fingerprint density at radius 1 is 0.643 bits per heavy atom. The Kier molecular flexibility index (Phi) is 56.6. The maximum atomic E-state index is 9.86. The first-order valence-corrected chi connectivity index (χ1v) is 6.53. The van der Waals surface area contributed by atoms with E-state index in [9.17, 15) is 39.6 Å². The van der Waals surface area contributed by atoms with Gasteiger partial charge in [-0.1, -0.05) is 0 Å². The second-order valence-corrected chi connectivity index (χ2v) is 4.12. The molecular weight excluding hydrogens is 424 g/mol. The van der Waals surface area contributed by atoms with Crippen molar-refractivity contribution in [2.45, 2.75) is 37.8 Å². The monoisotopic (exact) mass is 444 g/mol. The number of carbonyl (C=O) groups is 4. The maximum Gasteiger partial charge on any atom is 1.00 e. The molecule has 0 bridgehead atoms. The van der Waals surface area contributed by atoms with Gasteiger partial charge in [0, 0.05) is 24.0 Å². The van der Waals surface area contributed by atoms with Crippen molar-refractivity contribution >= 4 is 23.9 Å². The molecule has 0 heterocycles. The molecule has 142 valence electrons. The third-order valence-corrected chi connectivity index (χ3v) is 2.02. The summed E-state index contributed by atoms with van der Waals surface area (Å²) in [5.74, 6) is -5.50.